The second kappa shape index (κ2) is 9.86. The summed E-state index contributed by atoms with van der Waals surface area (Å²) in [4.78, 5) is 21.7. The topological polar surface area (TPSA) is 142 Å². The number of aromatic hydroxyl groups is 1. The van der Waals surface area contributed by atoms with Gasteiger partial charge in [0, 0.05) is 10.6 Å². The van der Waals surface area contributed by atoms with Crippen LogP contribution in [0.25, 0.3) is 6.08 Å². The van der Waals surface area contributed by atoms with Crippen molar-refractivity contribution in [3.05, 3.63) is 52.6 Å². The molecular weight excluding hydrogens is 481 g/mol. The number of hydrogen-bond acceptors (Lipinski definition) is 6. The molecule has 4 N–H and O–H groups in total. The van der Waals surface area contributed by atoms with Crippen molar-refractivity contribution >= 4 is 53.8 Å². The monoisotopic (exact) mass is 499 g/mol. The van der Waals surface area contributed by atoms with Crippen molar-refractivity contribution in [3.8, 4) is 11.5 Å². The van der Waals surface area contributed by atoms with Crippen LogP contribution < -0.4 is 14.4 Å². The molecule has 0 saturated heterocycles. The summed E-state index contributed by atoms with van der Waals surface area (Å²) >= 11 is 1.09. The first-order valence-corrected chi connectivity index (χ1v) is 12.1. The first kappa shape index (κ1) is 23.6. The van der Waals surface area contributed by atoms with Crippen LogP contribution in [0.15, 0.2) is 36.4 Å². The molecule has 0 fully saturated rings. The van der Waals surface area contributed by atoms with Gasteiger partial charge in [-0.2, -0.15) is 0 Å². The number of aromatic carboxylic acids is 1. The number of carboxylic acid groups (broad SMARTS) is 1. The van der Waals surface area contributed by atoms with Crippen molar-refractivity contribution in [2.24, 2.45) is 0 Å². The number of halogens is 1. The van der Waals surface area contributed by atoms with E-state index in [9.17, 15) is 22.5 Å². The van der Waals surface area contributed by atoms with E-state index in [1.165, 1.54) is 31.2 Å². The maximum Gasteiger partial charge on any atom is 0.339 e. The van der Waals surface area contributed by atoms with E-state index in [0.29, 0.717) is 28.6 Å². The molecule has 0 spiro atoms. The third-order valence-electron chi connectivity index (χ3n) is 3.78. The first-order chi connectivity index (χ1) is 14.0. The summed E-state index contributed by atoms with van der Waals surface area (Å²) in [6.07, 6.45) is 3.61. The number of carboxylic acids is 1. The van der Waals surface area contributed by atoms with Gasteiger partial charge in [-0.15, -0.1) is 0 Å². The fourth-order valence-electron chi connectivity index (χ4n) is 2.49. The minimum absolute atomic E-state index is 0.108. The first-order valence-electron chi connectivity index (χ1n) is 8.41. The van der Waals surface area contributed by atoms with Crippen LogP contribution in [0.2, 0.25) is 5.02 Å². The maximum atomic E-state index is 11.6. The van der Waals surface area contributed by atoms with Gasteiger partial charge >= 0.3 is 101 Å². The third kappa shape index (κ3) is 5.90. The number of carbonyl (C=O) groups excluding carboxylic acids is 1. The summed E-state index contributed by atoms with van der Waals surface area (Å²) in [5, 5.41) is 21.2. The Kier molecular flexibility index (Phi) is 7.75. The molecule has 0 bridgehead atoms. The zero-order chi connectivity index (χ0) is 22.5. The van der Waals surface area contributed by atoms with Gasteiger partial charge in [0.2, 0.25) is 0 Å². The largest absolute Gasteiger partial charge is 0.488 e. The van der Waals surface area contributed by atoms with E-state index in [0.717, 1.165) is 7.11 Å². The number of fused-ring (bicyclic) bond motifs is 1. The van der Waals surface area contributed by atoms with Crippen LogP contribution in [-0.4, -0.2) is 54.1 Å². The summed E-state index contributed by atoms with van der Waals surface area (Å²) < 4.78 is 30.5. The molecule has 0 aromatic heterocycles. The molecule has 1 unspecified atom stereocenters. The van der Waals surface area contributed by atoms with Gasteiger partial charge in [0.1, 0.15) is 17.9 Å². The van der Waals surface area contributed by atoms with Crippen LogP contribution in [0.5, 0.6) is 11.5 Å². The second-order valence-electron chi connectivity index (χ2n) is 5.98. The molecule has 2 aromatic carbocycles. The van der Waals surface area contributed by atoms with Gasteiger partial charge in [-0.1, -0.05) is 17.7 Å². The molecule has 11 heteroatoms. The third-order valence-corrected chi connectivity index (χ3v) is 7.07. The van der Waals surface area contributed by atoms with Crippen molar-refractivity contribution < 1.29 is 36.1 Å². The predicted molar refractivity (Wildman–Crippen MR) is 111 cm³/mol. The molecular formula is C19H19AsClNO8. The van der Waals surface area contributed by atoms with Crippen LogP contribution >= 0.6 is 11.6 Å². The summed E-state index contributed by atoms with van der Waals surface area (Å²) in [6.45, 7) is 1.71. The molecule has 0 saturated carbocycles. The Balaban J connectivity index is 0.000000215. The molecule has 1 heterocycles. The zero-order valence-electron chi connectivity index (χ0n) is 16.0. The van der Waals surface area contributed by atoms with Gasteiger partial charge in [0.05, 0.1) is 0 Å². The molecule has 1 aliphatic heterocycles. The fraction of sp³-hybridized carbons (Fsp3) is 0.158. The SMILES string of the molecule is CO[As](=O)(O)c1cc(NC(C)=O)ccc1O.O=C(O)c1cc(Cl)cc2c1OCC=C2. The average Bonchev–Trinajstić information content (AvgIpc) is 2.68. The number of ether oxygens (including phenoxy) is 1. The molecule has 30 heavy (non-hydrogen) atoms. The number of benzene rings is 2. The van der Waals surface area contributed by atoms with E-state index in [2.05, 4.69) is 9.04 Å². The normalized spacial score (nSPS) is 13.7. The molecule has 2 aromatic rings. The molecule has 0 radical (unpaired) electrons. The predicted octanol–water partition coefficient (Wildman–Crippen LogP) is 2.01. The summed E-state index contributed by atoms with van der Waals surface area (Å²) in [6, 6.07) is 6.94. The van der Waals surface area contributed by atoms with Crippen LogP contribution in [-0.2, 0) is 12.3 Å². The van der Waals surface area contributed by atoms with E-state index in [4.69, 9.17) is 21.4 Å². The standard InChI is InChI=1S/C10H7ClO3.C9H12AsNO5/c11-7-4-6-2-1-3-14-9(6)8(5-7)10(12)13;1-6(12)11-7-3-4-9(13)8(5-7)10(14,15)16-2/h1-2,4-5H,3H2,(H,12,13);3-5,13H,1-2H3,(H,11,12)(H,14,15). The molecule has 9 nitrogen and oxygen atoms in total. The summed E-state index contributed by atoms with van der Waals surface area (Å²) in [5.41, 5.74) is 1.14. The quantitative estimate of drug-likeness (QED) is 0.370. The van der Waals surface area contributed by atoms with Gasteiger partial charge in [-0.3, -0.25) is 0 Å². The Hall–Kier alpha value is -2.71. The summed E-state index contributed by atoms with van der Waals surface area (Å²) in [7, 11) is 1.09. The Bertz CT molecular complexity index is 1050. The van der Waals surface area contributed by atoms with Crippen LogP contribution in [0.4, 0.5) is 5.69 Å². The number of rotatable bonds is 4. The van der Waals surface area contributed by atoms with Crippen molar-refractivity contribution in [2.75, 3.05) is 19.0 Å². The van der Waals surface area contributed by atoms with E-state index in [1.54, 1.807) is 12.1 Å². The van der Waals surface area contributed by atoms with Gasteiger partial charge in [-0.05, 0) is 18.2 Å². The van der Waals surface area contributed by atoms with E-state index in [-0.39, 0.29) is 21.6 Å². The van der Waals surface area contributed by atoms with Gasteiger partial charge in [0.15, 0.2) is 0 Å². The number of carbonyl (C=O) groups is 2. The average molecular weight is 500 g/mol. The number of anilines is 1. The molecule has 0 aliphatic carbocycles. The molecule has 160 valence electrons. The second-order valence-corrected chi connectivity index (χ2v) is 10.4. The Morgan fingerprint density at radius 1 is 1.27 bits per heavy atom. The van der Waals surface area contributed by atoms with Gasteiger partial charge in [0.25, 0.3) is 0 Å². The Morgan fingerprint density at radius 3 is 2.57 bits per heavy atom. The molecule has 1 amide bonds. The van der Waals surface area contributed by atoms with E-state index in [1.807, 2.05) is 6.08 Å². The molecule has 1 aliphatic rings. The van der Waals surface area contributed by atoms with E-state index < -0.39 is 20.1 Å². The van der Waals surface area contributed by atoms with Crippen LogP contribution in [0.3, 0.4) is 0 Å². The minimum atomic E-state index is -4.68. The van der Waals surface area contributed by atoms with Crippen molar-refractivity contribution in [1.82, 2.24) is 0 Å². The van der Waals surface area contributed by atoms with Crippen molar-refractivity contribution in [3.63, 3.8) is 0 Å². The van der Waals surface area contributed by atoms with Crippen molar-refractivity contribution in [1.29, 1.82) is 0 Å². The van der Waals surface area contributed by atoms with Crippen LogP contribution in [0, 0.1) is 0 Å². The Morgan fingerprint density at radius 2 is 1.97 bits per heavy atom. The smallest absolute Gasteiger partial charge is 0.339 e. The Labute approximate surface area is 179 Å². The number of phenolic OH excluding ortho intramolecular Hbond substituents is 1. The number of hydrogen-bond donors (Lipinski definition) is 4. The van der Waals surface area contributed by atoms with Gasteiger partial charge < -0.3 is 9.84 Å². The number of phenols is 1. The van der Waals surface area contributed by atoms with Crippen LogP contribution in [0.1, 0.15) is 22.8 Å². The maximum absolute atomic E-state index is 11.6. The zero-order valence-corrected chi connectivity index (χ0v) is 18.6. The number of nitrogens with one attached hydrogen (secondary N) is 1. The number of amides is 1. The molecule has 3 rings (SSSR count). The fourth-order valence-corrected chi connectivity index (χ4v) is 4.53. The van der Waals surface area contributed by atoms with Gasteiger partial charge in [-0.25, -0.2) is 4.79 Å². The van der Waals surface area contributed by atoms with E-state index >= 15 is 0 Å². The van der Waals surface area contributed by atoms with Crippen molar-refractivity contribution in [2.45, 2.75) is 6.92 Å². The summed E-state index contributed by atoms with van der Waals surface area (Å²) in [5.74, 6) is -1.28. The molecule has 1 atom stereocenters. The minimum Gasteiger partial charge on any atom is -0.488 e.